The summed E-state index contributed by atoms with van der Waals surface area (Å²) < 4.78 is 0. The second-order valence-electron chi connectivity index (χ2n) is 6.26. The molecule has 0 radical (unpaired) electrons. The van der Waals surface area contributed by atoms with Crippen molar-refractivity contribution in [3.63, 3.8) is 0 Å². The van der Waals surface area contributed by atoms with Crippen LogP contribution in [0.4, 0.5) is 0 Å². The molecule has 0 saturated heterocycles. The monoisotopic (exact) mass is 288 g/mol. The maximum atomic E-state index is 12.7. The highest BCUT2D eigenvalue weighted by atomic mass is 16.2. The van der Waals surface area contributed by atoms with E-state index in [0.29, 0.717) is 25.6 Å². The Balaban J connectivity index is 2.05. The lowest BCUT2D eigenvalue weighted by molar-refractivity contribution is -0.133. The maximum absolute atomic E-state index is 12.7. The molecule has 1 aliphatic carbocycles. The van der Waals surface area contributed by atoms with E-state index in [1.54, 1.807) is 0 Å². The van der Waals surface area contributed by atoms with Crippen LogP contribution in [0, 0.1) is 13.8 Å². The first kappa shape index (κ1) is 16.0. The molecule has 0 spiro atoms. The number of hydrogen-bond donors (Lipinski definition) is 1. The van der Waals surface area contributed by atoms with Gasteiger partial charge < -0.3 is 10.6 Å². The first-order valence-electron chi connectivity index (χ1n) is 8.17. The number of amides is 1. The van der Waals surface area contributed by atoms with Gasteiger partial charge in [-0.1, -0.05) is 37.5 Å². The Morgan fingerprint density at radius 1 is 1.19 bits per heavy atom. The molecule has 3 heteroatoms. The highest BCUT2D eigenvalue weighted by Crippen LogP contribution is 2.23. The third kappa shape index (κ3) is 4.31. The Morgan fingerprint density at radius 3 is 2.52 bits per heavy atom. The zero-order chi connectivity index (χ0) is 15.2. The van der Waals surface area contributed by atoms with Gasteiger partial charge in [0.1, 0.15) is 0 Å². The minimum absolute atomic E-state index is 0.232. The lowest BCUT2D eigenvalue weighted by Crippen LogP contribution is -2.44. The average molecular weight is 288 g/mol. The van der Waals surface area contributed by atoms with Crippen LogP contribution in [0.2, 0.25) is 0 Å². The number of hydrogen-bond acceptors (Lipinski definition) is 2. The SMILES string of the molecule is Cc1ccc(CC(=O)N(CCN)C2CCCCC2)cc1C. The average Bonchev–Trinajstić information content (AvgIpc) is 2.49. The summed E-state index contributed by atoms with van der Waals surface area (Å²) in [5.74, 6) is 0.232. The van der Waals surface area contributed by atoms with Crippen LogP contribution in [0.25, 0.3) is 0 Å². The number of carbonyl (C=O) groups excluding carboxylic acids is 1. The molecule has 1 saturated carbocycles. The molecule has 0 heterocycles. The summed E-state index contributed by atoms with van der Waals surface area (Å²) in [5.41, 5.74) is 9.36. The van der Waals surface area contributed by atoms with Gasteiger partial charge in [-0.3, -0.25) is 4.79 Å². The molecule has 3 nitrogen and oxygen atoms in total. The molecule has 0 aliphatic heterocycles. The zero-order valence-corrected chi connectivity index (χ0v) is 13.4. The number of carbonyl (C=O) groups is 1. The third-order valence-electron chi connectivity index (χ3n) is 4.63. The molecule has 2 N–H and O–H groups in total. The highest BCUT2D eigenvalue weighted by Gasteiger charge is 2.24. The Bertz CT molecular complexity index is 478. The lowest BCUT2D eigenvalue weighted by atomic mass is 9.93. The van der Waals surface area contributed by atoms with Crippen molar-refractivity contribution in [3.05, 3.63) is 34.9 Å². The molecular weight excluding hydrogens is 260 g/mol. The van der Waals surface area contributed by atoms with Crippen LogP contribution in [0.3, 0.4) is 0 Å². The van der Waals surface area contributed by atoms with Gasteiger partial charge in [-0.05, 0) is 43.4 Å². The van der Waals surface area contributed by atoms with E-state index in [1.165, 1.54) is 30.4 Å². The second kappa shape index (κ2) is 7.60. The number of benzene rings is 1. The molecule has 1 aliphatic rings. The topological polar surface area (TPSA) is 46.3 Å². The molecule has 1 fully saturated rings. The van der Waals surface area contributed by atoms with Gasteiger partial charge in [0.05, 0.1) is 6.42 Å². The fraction of sp³-hybridized carbons (Fsp3) is 0.611. The summed E-state index contributed by atoms with van der Waals surface area (Å²) in [6.07, 6.45) is 6.55. The molecular formula is C18H28N2O. The van der Waals surface area contributed by atoms with Crippen LogP contribution in [0.5, 0.6) is 0 Å². The highest BCUT2D eigenvalue weighted by molar-refractivity contribution is 5.79. The molecule has 1 aromatic rings. The number of aryl methyl sites for hydroxylation is 2. The van der Waals surface area contributed by atoms with Crippen molar-refractivity contribution in [2.45, 2.75) is 58.4 Å². The van der Waals surface area contributed by atoms with E-state index in [2.05, 4.69) is 32.0 Å². The summed E-state index contributed by atoms with van der Waals surface area (Å²) in [6, 6.07) is 6.71. The van der Waals surface area contributed by atoms with Crippen LogP contribution in [0.1, 0.15) is 48.8 Å². The minimum atomic E-state index is 0.232. The summed E-state index contributed by atoms with van der Waals surface area (Å²) in [7, 11) is 0. The Hall–Kier alpha value is -1.35. The van der Waals surface area contributed by atoms with Crippen molar-refractivity contribution >= 4 is 5.91 Å². The van der Waals surface area contributed by atoms with Crippen molar-refractivity contribution < 1.29 is 4.79 Å². The smallest absolute Gasteiger partial charge is 0.227 e. The molecule has 2 rings (SSSR count). The fourth-order valence-electron chi connectivity index (χ4n) is 3.23. The van der Waals surface area contributed by atoms with Gasteiger partial charge in [0, 0.05) is 19.1 Å². The van der Waals surface area contributed by atoms with Crippen LogP contribution < -0.4 is 5.73 Å². The van der Waals surface area contributed by atoms with Crippen LogP contribution in [-0.2, 0) is 11.2 Å². The number of nitrogens with two attached hydrogens (primary N) is 1. The summed E-state index contributed by atoms with van der Waals surface area (Å²) in [4.78, 5) is 14.7. The van der Waals surface area contributed by atoms with Gasteiger partial charge in [-0.25, -0.2) is 0 Å². The van der Waals surface area contributed by atoms with Crippen LogP contribution in [-0.4, -0.2) is 29.9 Å². The second-order valence-corrected chi connectivity index (χ2v) is 6.26. The van der Waals surface area contributed by atoms with E-state index in [-0.39, 0.29) is 5.91 Å². The van der Waals surface area contributed by atoms with Gasteiger partial charge in [0.25, 0.3) is 0 Å². The van der Waals surface area contributed by atoms with E-state index in [0.717, 1.165) is 18.4 Å². The van der Waals surface area contributed by atoms with Crippen molar-refractivity contribution in [2.24, 2.45) is 5.73 Å². The molecule has 0 atom stereocenters. The van der Waals surface area contributed by atoms with Crippen molar-refractivity contribution in [3.8, 4) is 0 Å². The number of nitrogens with zero attached hydrogens (tertiary/aromatic N) is 1. The molecule has 21 heavy (non-hydrogen) atoms. The molecule has 1 amide bonds. The first-order valence-corrected chi connectivity index (χ1v) is 8.17. The van der Waals surface area contributed by atoms with Gasteiger partial charge in [0.2, 0.25) is 5.91 Å². The van der Waals surface area contributed by atoms with E-state index in [4.69, 9.17) is 5.73 Å². The third-order valence-corrected chi connectivity index (χ3v) is 4.63. The summed E-state index contributed by atoms with van der Waals surface area (Å²) >= 11 is 0. The van der Waals surface area contributed by atoms with E-state index >= 15 is 0 Å². The van der Waals surface area contributed by atoms with Gasteiger partial charge in [0.15, 0.2) is 0 Å². The molecule has 0 bridgehead atoms. The molecule has 1 aromatic carbocycles. The maximum Gasteiger partial charge on any atom is 0.227 e. The Kier molecular flexibility index (Phi) is 5.80. The van der Waals surface area contributed by atoms with Crippen LogP contribution in [0.15, 0.2) is 18.2 Å². The Labute approximate surface area is 128 Å². The molecule has 0 unspecified atom stereocenters. The van der Waals surface area contributed by atoms with Gasteiger partial charge >= 0.3 is 0 Å². The van der Waals surface area contributed by atoms with Crippen LogP contribution >= 0.6 is 0 Å². The predicted molar refractivity (Wildman–Crippen MR) is 87.3 cm³/mol. The van der Waals surface area contributed by atoms with Crippen molar-refractivity contribution in [1.82, 2.24) is 4.90 Å². The minimum Gasteiger partial charge on any atom is -0.338 e. The van der Waals surface area contributed by atoms with E-state index in [9.17, 15) is 4.79 Å². The fourth-order valence-corrected chi connectivity index (χ4v) is 3.23. The Morgan fingerprint density at radius 2 is 1.90 bits per heavy atom. The first-order chi connectivity index (χ1) is 10.1. The predicted octanol–water partition coefficient (Wildman–Crippen LogP) is 2.97. The standard InChI is InChI=1S/C18H28N2O/c1-14-8-9-16(12-15(14)2)13-18(21)20(11-10-19)17-6-4-3-5-7-17/h8-9,12,17H,3-7,10-11,13,19H2,1-2H3. The zero-order valence-electron chi connectivity index (χ0n) is 13.4. The van der Waals surface area contributed by atoms with Gasteiger partial charge in [-0.2, -0.15) is 0 Å². The summed E-state index contributed by atoms with van der Waals surface area (Å²) in [6.45, 7) is 5.44. The lowest BCUT2D eigenvalue weighted by Gasteiger charge is -2.34. The normalized spacial score (nSPS) is 16.0. The largest absolute Gasteiger partial charge is 0.338 e. The van der Waals surface area contributed by atoms with E-state index < -0.39 is 0 Å². The molecule has 0 aromatic heterocycles. The number of rotatable bonds is 5. The van der Waals surface area contributed by atoms with Crippen molar-refractivity contribution in [2.75, 3.05) is 13.1 Å². The van der Waals surface area contributed by atoms with Crippen molar-refractivity contribution in [1.29, 1.82) is 0 Å². The quantitative estimate of drug-likeness (QED) is 0.905. The van der Waals surface area contributed by atoms with E-state index in [1.807, 2.05) is 4.90 Å². The summed E-state index contributed by atoms with van der Waals surface area (Å²) in [5, 5.41) is 0. The van der Waals surface area contributed by atoms with Gasteiger partial charge in [-0.15, -0.1) is 0 Å². The molecule has 116 valence electrons.